The van der Waals surface area contributed by atoms with E-state index in [1.165, 1.54) is 26.2 Å². The molecule has 1 aliphatic heterocycles. The fourth-order valence-corrected chi connectivity index (χ4v) is 2.28. The molecule has 1 atom stereocenters. The number of hydrogen-bond acceptors (Lipinski definition) is 3. The second kappa shape index (κ2) is 5.28. The minimum absolute atomic E-state index is 0.211. The maximum absolute atomic E-state index is 5.89. The van der Waals surface area contributed by atoms with Gasteiger partial charge in [0.2, 0.25) is 0 Å². The lowest BCUT2D eigenvalue weighted by Gasteiger charge is -2.46. The molecule has 3 heteroatoms. The monoisotopic (exact) mass is 213 g/mol. The summed E-state index contributed by atoms with van der Waals surface area (Å²) in [6.07, 6.45) is 1.14. The third-order valence-corrected chi connectivity index (χ3v) is 4.01. The van der Waals surface area contributed by atoms with Crippen molar-refractivity contribution >= 4 is 0 Å². The molecule has 0 amide bonds. The molecule has 0 spiro atoms. The molecule has 0 aromatic rings. The summed E-state index contributed by atoms with van der Waals surface area (Å²) < 4.78 is 0. The van der Waals surface area contributed by atoms with Crippen molar-refractivity contribution in [2.45, 2.75) is 45.7 Å². The van der Waals surface area contributed by atoms with E-state index in [4.69, 9.17) is 5.73 Å². The standard InChI is InChI=1S/C12H27N3/c1-5-12(4,10-13)15-8-6-14(7-9-15)11(2)3/h11H,5-10,13H2,1-4H3. The van der Waals surface area contributed by atoms with Gasteiger partial charge in [0.05, 0.1) is 0 Å². The molecule has 0 aliphatic carbocycles. The molecule has 0 saturated carbocycles. The molecule has 90 valence electrons. The Morgan fingerprint density at radius 3 is 2.07 bits per heavy atom. The van der Waals surface area contributed by atoms with Crippen LogP contribution in [0.15, 0.2) is 0 Å². The SMILES string of the molecule is CCC(C)(CN)N1CCN(C(C)C)CC1. The summed E-state index contributed by atoms with van der Waals surface area (Å²) in [5, 5.41) is 0. The number of nitrogens with zero attached hydrogens (tertiary/aromatic N) is 2. The molecule has 0 aromatic carbocycles. The van der Waals surface area contributed by atoms with Gasteiger partial charge in [-0.15, -0.1) is 0 Å². The maximum atomic E-state index is 5.89. The first-order chi connectivity index (χ1) is 7.03. The first-order valence-electron chi connectivity index (χ1n) is 6.22. The molecule has 0 aromatic heterocycles. The predicted molar refractivity (Wildman–Crippen MR) is 66.0 cm³/mol. The topological polar surface area (TPSA) is 32.5 Å². The third-order valence-electron chi connectivity index (χ3n) is 4.01. The summed E-state index contributed by atoms with van der Waals surface area (Å²) in [5.74, 6) is 0. The fraction of sp³-hybridized carbons (Fsp3) is 1.00. The van der Waals surface area contributed by atoms with Crippen LogP contribution in [0.25, 0.3) is 0 Å². The van der Waals surface area contributed by atoms with Gasteiger partial charge in [-0.25, -0.2) is 0 Å². The largest absolute Gasteiger partial charge is 0.329 e. The van der Waals surface area contributed by atoms with Crippen molar-refractivity contribution in [1.82, 2.24) is 9.80 Å². The number of rotatable bonds is 4. The van der Waals surface area contributed by atoms with Crippen LogP contribution in [0.4, 0.5) is 0 Å². The van der Waals surface area contributed by atoms with E-state index in [1.54, 1.807) is 0 Å². The van der Waals surface area contributed by atoms with Crippen LogP contribution in [0.1, 0.15) is 34.1 Å². The average Bonchev–Trinajstić information content (AvgIpc) is 2.28. The Morgan fingerprint density at radius 2 is 1.73 bits per heavy atom. The normalized spacial score (nSPS) is 24.4. The highest BCUT2D eigenvalue weighted by Crippen LogP contribution is 2.20. The van der Waals surface area contributed by atoms with E-state index in [-0.39, 0.29) is 5.54 Å². The Labute approximate surface area is 94.6 Å². The first-order valence-corrected chi connectivity index (χ1v) is 6.22. The molecule has 1 heterocycles. The highest BCUT2D eigenvalue weighted by molar-refractivity contribution is 4.89. The van der Waals surface area contributed by atoms with Crippen molar-refractivity contribution in [2.75, 3.05) is 32.7 Å². The van der Waals surface area contributed by atoms with E-state index < -0.39 is 0 Å². The van der Waals surface area contributed by atoms with Crippen molar-refractivity contribution in [3.8, 4) is 0 Å². The van der Waals surface area contributed by atoms with Crippen LogP contribution >= 0.6 is 0 Å². The Morgan fingerprint density at radius 1 is 1.20 bits per heavy atom. The highest BCUT2D eigenvalue weighted by Gasteiger charge is 2.31. The van der Waals surface area contributed by atoms with Gasteiger partial charge < -0.3 is 5.73 Å². The van der Waals surface area contributed by atoms with Crippen LogP contribution in [0, 0.1) is 0 Å². The van der Waals surface area contributed by atoms with Crippen molar-refractivity contribution in [3.63, 3.8) is 0 Å². The minimum Gasteiger partial charge on any atom is -0.329 e. The molecule has 1 unspecified atom stereocenters. The molecule has 0 radical (unpaired) electrons. The van der Waals surface area contributed by atoms with Crippen LogP contribution < -0.4 is 5.73 Å². The van der Waals surface area contributed by atoms with Crippen molar-refractivity contribution in [1.29, 1.82) is 0 Å². The Bertz CT molecular complexity index is 179. The second-order valence-electron chi connectivity index (χ2n) is 5.17. The number of piperazine rings is 1. The van der Waals surface area contributed by atoms with Gasteiger partial charge in [0.25, 0.3) is 0 Å². The van der Waals surface area contributed by atoms with E-state index >= 15 is 0 Å². The van der Waals surface area contributed by atoms with Gasteiger partial charge in [-0.05, 0) is 27.2 Å². The predicted octanol–water partition coefficient (Wildman–Crippen LogP) is 1.14. The van der Waals surface area contributed by atoms with E-state index in [0.29, 0.717) is 6.04 Å². The van der Waals surface area contributed by atoms with Crippen LogP contribution in [-0.2, 0) is 0 Å². The van der Waals surface area contributed by atoms with Crippen molar-refractivity contribution in [3.05, 3.63) is 0 Å². The van der Waals surface area contributed by atoms with E-state index in [2.05, 4.69) is 37.5 Å². The number of hydrogen-bond donors (Lipinski definition) is 1. The van der Waals surface area contributed by atoms with Crippen LogP contribution in [0.2, 0.25) is 0 Å². The molecule has 15 heavy (non-hydrogen) atoms. The van der Waals surface area contributed by atoms with Gasteiger partial charge >= 0.3 is 0 Å². The lowest BCUT2D eigenvalue weighted by Crippen LogP contribution is -2.59. The lowest BCUT2D eigenvalue weighted by atomic mass is 9.95. The molecule has 3 nitrogen and oxygen atoms in total. The quantitative estimate of drug-likeness (QED) is 0.760. The van der Waals surface area contributed by atoms with Gasteiger partial charge in [-0.3, -0.25) is 9.80 Å². The zero-order valence-corrected chi connectivity index (χ0v) is 10.8. The molecule has 1 saturated heterocycles. The summed E-state index contributed by atoms with van der Waals surface area (Å²) >= 11 is 0. The van der Waals surface area contributed by atoms with Gasteiger partial charge in [0.1, 0.15) is 0 Å². The van der Waals surface area contributed by atoms with Crippen LogP contribution in [-0.4, -0.2) is 54.1 Å². The van der Waals surface area contributed by atoms with Crippen molar-refractivity contribution < 1.29 is 0 Å². The van der Waals surface area contributed by atoms with Crippen LogP contribution in [0.3, 0.4) is 0 Å². The number of nitrogens with two attached hydrogens (primary N) is 1. The van der Waals surface area contributed by atoms with Gasteiger partial charge in [-0.1, -0.05) is 6.92 Å². The van der Waals surface area contributed by atoms with Crippen molar-refractivity contribution in [2.24, 2.45) is 5.73 Å². The Hall–Kier alpha value is -0.120. The molecule has 1 rings (SSSR count). The summed E-state index contributed by atoms with van der Waals surface area (Å²) in [5.41, 5.74) is 6.10. The summed E-state index contributed by atoms with van der Waals surface area (Å²) in [6, 6.07) is 0.679. The van der Waals surface area contributed by atoms with E-state index in [0.717, 1.165) is 13.0 Å². The molecule has 1 aliphatic rings. The molecule has 2 N–H and O–H groups in total. The van der Waals surface area contributed by atoms with Gasteiger partial charge in [0, 0.05) is 44.3 Å². The van der Waals surface area contributed by atoms with Crippen LogP contribution in [0.5, 0.6) is 0 Å². The molecule has 1 fully saturated rings. The second-order valence-corrected chi connectivity index (χ2v) is 5.17. The fourth-order valence-electron chi connectivity index (χ4n) is 2.28. The first kappa shape index (κ1) is 12.9. The average molecular weight is 213 g/mol. The van der Waals surface area contributed by atoms with Gasteiger partial charge in [0.15, 0.2) is 0 Å². The van der Waals surface area contributed by atoms with E-state index in [1.807, 2.05) is 0 Å². The summed E-state index contributed by atoms with van der Waals surface area (Å²) in [6.45, 7) is 14.6. The highest BCUT2D eigenvalue weighted by atomic mass is 15.3. The summed E-state index contributed by atoms with van der Waals surface area (Å²) in [7, 11) is 0. The third kappa shape index (κ3) is 2.92. The Balaban J connectivity index is 2.49. The summed E-state index contributed by atoms with van der Waals surface area (Å²) in [4.78, 5) is 5.11. The maximum Gasteiger partial charge on any atom is 0.0302 e. The molecule has 0 bridgehead atoms. The zero-order chi connectivity index (χ0) is 11.5. The zero-order valence-electron chi connectivity index (χ0n) is 10.8. The molecular weight excluding hydrogens is 186 g/mol. The lowest BCUT2D eigenvalue weighted by molar-refractivity contribution is 0.0332. The smallest absolute Gasteiger partial charge is 0.0302 e. The van der Waals surface area contributed by atoms with E-state index in [9.17, 15) is 0 Å². The minimum atomic E-state index is 0.211. The Kier molecular flexibility index (Phi) is 4.56. The molecular formula is C12H27N3. The van der Waals surface area contributed by atoms with Gasteiger partial charge in [-0.2, -0.15) is 0 Å².